The number of piperidine rings is 1. The van der Waals surface area contributed by atoms with E-state index >= 15 is 0 Å². The van der Waals surface area contributed by atoms with Crippen LogP contribution in [0.15, 0.2) is 42.5 Å². The largest absolute Gasteiger partial charge is 0.496 e. The SMILES string of the molecule is CCCCN1C(=O)[C@H](C(O)C2CCCCC2)NC(=O)C12CCN(Cc1ccc(Cc3ccc(C(=O)O)cc3OC)cc1)CC2. The predicted molar refractivity (Wildman–Crippen MR) is 168 cm³/mol. The first-order valence-corrected chi connectivity index (χ1v) is 16.3. The molecule has 2 aliphatic heterocycles. The molecule has 5 rings (SSSR count). The van der Waals surface area contributed by atoms with Gasteiger partial charge in [-0.15, -0.1) is 0 Å². The van der Waals surface area contributed by atoms with Gasteiger partial charge in [-0.25, -0.2) is 4.79 Å². The number of ether oxygens (including phenoxy) is 1. The quantitative estimate of drug-likeness (QED) is 0.348. The molecule has 0 bridgehead atoms. The Kier molecular flexibility index (Phi) is 10.3. The van der Waals surface area contributed by atoms with Crippen LogP contribution in [-0.4, -0.2) is 82.2 Å². The molecular weight excluding hydrogens is 558 g/mol. The van der Waals surface area contributed by atoms with Gasteiger partial charge in [0.05, 0.1) is 18.8 Å². The highest BCUT2D eigenvalue weighted by molar-refractivity contribution is 6.00. The minimum atomic E-state index is -0.982. The van der Waals surface area contributed by atoms with E-state index in [9.17, 15) is 24.6 Å². The summed E-state index contributed by atoms with van der Waals surface area (Å²) in [5.41, 5.74) is 2.53. The Balaban J connectivity index is 1.21. The van der Waals surface area contributed by atoms with Crippen molar-refractivity contribution in [3.05, 3.63) is 64.7 Å². The molecule has 3 N–H and O–H groups in total. The number of carbonyl (C=O) groups is 3. The molecule has 0 radical (unpaired) electrons. The molecule has 238 valence electrons. The highest BCUT2D eigenvalue weighted by atomic mass is 16.5. The van der Waals surface area contributed by atoms with Crippen LogP contribution in [0.4, 0.5) is 0 Å². The second-order valence-electron chi connectivity index (χ2n) is 12.8. The molecule has 2 aromatic carbocycles. The molecule has 44 heavy (non-hydrogen) atoms. The summed E-state index contributed by atoms with van der Waals surface area (Å²) in [6.07, 6.45) is 7.82. The molecule has 3 fully saturated rings. The zero-order chi connectivity index (χ0) is 31.3. The van der Waals surface area contributed by atoms with Crippen molar-refractivity contribution in [2.24, 2.45) is 5.92 Å². The van der Waals surface area contributed by atoms with Crippen LogP contribution < -0.4 is 10.1 Å². The zero-order valence-electron chi connectivity index (χ0n) is 26.1. The lowest BCUT2D eigenvalue weighted by Gasteiger charge is -2.52. The Hall–Kier alpha value is -3.43. The summed E-state index contributed by atoms with van der Waals surface area (Å²) in [6, 6.07) is 12.5. The Labute approximate surface area is 260 Å². The van der Waals surface area contributed by atoms with Gasteiger partial charge in [-0.2, -0.15) is 0 Å². The molecule has 0 aromatic heterocycles. The average Bonchev–Trinajstić information content (AvgIpc) is 3.05. The van der Waals surface area contributed by atoms with E-state index in [1.807, 2.05) is 4.90 Å². The Morgan fingerprint density at radius 1 is 1.05 bits per heavy atom. The number of nitrogens with zero attached hydrogens (tertiary/aromatic N) is 2. The zero-order valence-corrected chi connectivity index (χ0v) is 26.1. The number of likely N-dealkylation sites (tertiary alicyclic amines) is 1. The van der Waals surface area contributed by atoms with Gasteiger partial charge < -0.3 is 25.2 Å². The first kappa shape index (κ1) is 32.0. The van der Waals surface area contributed by atoms with Crippen molar-refractivity contribution in [2.45, 2.75) is 95.4 Å². The molecule has 9 heteroatoms. The second kappa shape index (κ2) is 14.1. The number of aliphatic hydroxyl groups excluding tert-OH is 1. The summed E-state index contributed by atoms with van der Waals surface area (Å²) in [5.74, 6) is -0.583. The lowest BCUT2D eigenvalue weighted by Crippen LogP contribution is -2.75. The van der Waals surface area contributed by atoms with Crippen LogP contribution in [0.25, 0.3) is 0 Å². The van der Waals surface area contributed by atoms with Gasteiger partial charge >= 0.3 is 5.97 Å². The Bertz CT molecular complexity index is 1310. The number of rotatable bonds is 11. The summed E-state index contributed by atoms with van der Waals surface area (Å²) in [6.45, 7) is 4.79. The minimum Gasteiger partial charge on any atom is -0.496 e. The third-order valence-electron chi connectivity index (χ3n) is 10.0. The lowest BCUT2D eigenvalue weighted by atomic mass is 9.78. The van der Waals surface area contributed by atoms with Crippen molar-refractivity contribution >= 4 is 17.8 Å². The van der Waals surface area contributed by atoms with E-state index in [4.69, 9.17) is 4.74 Å². The number of carboxylic acids is 1. The van der Waals surface area contributed by atoms with Gasteiger partial charge in [-0.05, 0) is 66.8 Å². The fourth-order valence-corrected chi connectivity index (χ4v) is 7.30. The fourth-order valence-electron chi connectivity index (χ4n) is 7.30. The van der Waals surface area contributed by atoms with E-state index in [0.29, 0.717) is 44.6 Å². The van der Waals surface area contributed by atoms with E-state index in [-0.39, 0.29) is 23.3 Å². The highest BCUT2D eigenvalue weighted by Gasteiger charge is 2.55. The minimum absolute atomic E-state index is 0.0628. The van der Waals surface area contributed by atoms with Crippen LogP contribution in [0.5, 0.6) is 5.75 Å². The number of benzene rings is 2. The van der Waals surface area contributed by atoms with Crippen LogP contribution in [0.3, 0.4) is 0 Å². The standard InChI is InChI=1S/C35H47N3O6/c1-3-4-18-38-32(40)30(31(39)26-8-6-5-7-9-26)36-34(43)35(38)16-19-37(20-17-35)23-25-12-10-24(11-13-25)21-27-14-15-28(33(41)42)22-29(27)44-2/h10-15,22,26,30-31,39H,3-9,16-21,23H2,1-2H3,(H,36,43)(H,41,42)/t30-,31?/m0/s1. The van der Waals surface area contributed by atoms with Gasteiger partial charge in [-0.1, -0.05) is 62.9 Å². The number of hydrogen-bond acceptors (Lipinski definition) is 6. The maximum absolute atomic E-state index is 13.9. The molecule has 3 aliphatic rings. The van der Waals surface area contributed by atoms with E-state index in [1.165, 1.54) is 12.0 Å². The smallest absolute Gasteiger partial charge is 0.335 e. The molecule has 2 amide bonds. The summed E-state index contributed by atoms with van der Waals surface area (Å²) in [7, 11) is 1.55. The summed E-state index contributed by atoms with van der Waals surface area (Å²) in [4.78, 5) is 43.1. The second-order valence-corrected chi connectivity index (χ2v) is 12.8. The van der Waals surface area contributed by atoms with Crippen LogP contribution in [-0.2, 0) is 22.6 Å². The molecule has 9 nitrogen and oxygen atoms in total. The fraction of sp³-hybridized carbons (Fsp3) is 0.571. The molecular formula is C35H47N3O6. The molecule has 2 heterocycles. The first-order valence-electron chi connectivity index (χ1n) is 16.3. The number of amides is 2. The molecule has 1 spiro atoms. The van der Waals surface area contributed by atoms with Crippen molar-refractivity contribution in [1.82, 2.24) is 15.1 Å². The van der Waals surface area contributed by atoms with Crippen molar-refractivity contribution in [3.8, 4) is 5.75 Å². The number of carboxylic acid groups (broad SMARTS) is 1. The first-order chi connectivity index (χ1) is 21.3. The van der Waals surface area contributed by atoms with Crippen molar-refractivity contribution in [3.63, 3.8) is 0 Å². The predicted octanol–water partition coefficient (Wildman–Crippen LogP) is 4.39. The molecule has 2 aromatic rings. The maximum atomic E-state index is 13.9. The number of carbonyl (C=O) groups excluding carboxylic acids is 2. The number of aliphatic hydroxyl groups is 1. The normalized spacial score (nSPS) is 21.7. The molecule has 1 aliphatic carbocycles. The van der Waals surface area contributed by atoms with Crippen LogP contribution in [0.1, 0.15) is 91.8 Å². The van der Waals surface area contributed by atoms with E-state index in [2.05, 4.69) is 41.4 Å². The lowest BCUT2D eigenvalue weighted by molar-refractivity contribution is -0.166. The van der Waals surface area contributed by atoms with E-state index < -0.39 is 23.7 Å². The summed E-state index contributed by atoms with van der Waals surface area (Å²) >= 11 is 0. The molecule has 2 atom stereocenters. The number of nitrogens with one attached hydrogen (secondary N) is 1. The summed E-state index contributed by atoms with van der Waals surface area (Å²) in [5, 5.41) is 23.4. The highest BCUT2D eigenvalue weighted by Crippen LogP contribution is 2.36. The van der Waals surface area contributed by atoms with Crippen molar-refractivity contribution in [1.29, 1.82) is 0 Å². The topological polar surface area (TPSA) is 119 Å². The molecule has 1 saturated carbocycles. The maximum Gasteiger partial charge on any atom is 0.335 e. The monoisotopic (exact) mass is 605 g/mol. The molecule has 1 unspecified atom stereocenters. The van der Waals surface area contributed by atoms with Crippen molar-refractivity contribution in [2.75, 3.05) is 26.7 Å². The van der Waals surface area contributed by atoms with Crippen LogP contribution in [0.2, 0.25) is 0 Å². The van der Waals surface area contributed by atoms with Gasteiger partial charge in [0.25, 0.3) is 0 Å². The van der Waals surface area contributed by atoms with Gasteiger partial charge in [-0.3, -0.25) is 14.5 Å². The summed E-state index contributed by atoms with van der Waals surface area (Å²) < 4.78 is 5.43. The van der Waals surface area contributed by atoms with E-state index in [1.54, 1.807) is 25.3 Å². The average molecular weight is 606 g/mol. The van der Waals surface area contributed by atoms with E-state index in [0.717, 1.165) is 56.2 Å². The van der Waals surface area contributed by atoms with Gasteiger partial charge in [0.2, 0.25) is 11.8 Å². The van der Waals surface area contributed by atoms with Gasteiger partial charge in [0.15, 0.2) is 0 Å². The Morgan fingerprint density at radius 2 is 1.73 bits per heavy atom. The number of hydrogen-bond donors (Lipinski definition) is 3. The van der Waals surface area contributed by atoms with Gasteiger partial charge in [0, 0.05) is 32.6 Å². The van der Waals surface area contributed by atoms with Gasteiger partial charge in [0.1, 0.15) is 17.3 Å². The number of unbranched alkanes of at least 4 members (excludes halogenated alkanes) is 1. The van der Waals surface area contributed by atoms with Crippen LogP contribution >= 0.6 is 0 Å². The number of methoxy groups -OCH3 is 1. The third-order valence-corrected chi connectivity index (χ3v) is 10.0. The van der Waals surface area contributed by atoms with Crippen molar-refractivity contribution < 1.29 is 29.3 Å². The third kappa shape index (κ3) is 6.79. The number of aromatic carboxylic acids is 1. The number of piperazine rings is 1. The van der Waals surface area contributed by atoms with Crippen LogP contribution in [0, 0.1) is 5.92 Å². The Morgan fingerprint density at radius 3 is 2.36 bits per heavy atom. The molecule has 2 saturated heterocycles.